The number of nitrogens with zero attached hydrogens (tertiary/aromatic N) is 2. The molecule has 0 amide bonds. The van der Waals surface area contributed by atoms with Crippen LogP contribution in [0.4, 0.5) is 0 Å². The van der Waals surface area contributed by atoms with Crippen molar-refractivity contribution in [2.24, 2.45) is 0 Å². The molecule has 0 bridgehead atoms. The van der Waals surface area contributed by atoms with E-state index in [0.717, 1.165) is 25.7 Å². The quantitative estimate of drug-likeness (QED) is 0.689. The van der Waals surface area contributed by atoms with E-state index in [0.29, 0.717) is 0 Å². The minimum absolute atomic E-state index is 1.02. The number of rotatable bonds is 2. The first-order chi connectivity index (χ1) is 6.35. The number of aromatic nitrogens is 2. The summed E-state index contributed by atoms with van der Waals surface area (Å²) in [6.07, 6.45) is 5.55. The van der Waals surface area contributed by atoms with Crippen LogP contribution >= 0.6 is 0 Å². The monoisotopic (exact) mass is 176 g/mol. The zero-order valence-electron chi connectivity index (χ0n) is 8.43. The van der Waals surface area contributed by atoms with Gasteiger partial charge in [-0.05, 0) is 32.1 Å². The molecular weight excluding hydrogens is 160 g/mol. The zero-order valence-corrected chi connectivity index (χ0v) is 8.43. The van der Waals surface area contributed by atoms with Gasteiger partial charge in [-0.3, -0.25) is 9.97 Å². The van der Waals surface area contributed by atoms with Gasteiger partial charge in [0.15, 0.2) is 0 Å². The second-order valence-electron chi connectivity index (χ2n) is 3.57. The zero-order chi connectivity index (χ0) is 9.26. The number of hydrogen-bond donors (Lipinski definition) is 0. The maximum absolute atomic E-state index is 4.68. The number of hydrogen-bond acceptors (Lipinski definition) is 2. The molecule has 0 unspecified atom stereocenters. The summed E-state index contributed by atoms with van der Waals surface area (Å²) in [5, 5.41) is 0. The van der Waals surface area contributed by atoms with Crippen LogP contribution in [-0.2, 0) is 25.7 Å². The van der Waals surface area contributed by atoms with Crippen LogP contribution in [0.1, 0.15) is 43.0 Å². The molecule has 0 aliphatic heterocycles. The van der Waals surface area contributed by atoms with Crippen LogP contribution in [0.25, 0.3) is 0 Å². The molecule has 0 saturated carbocycles. The van der Waals surface area contributed by atoms with E-state index in [-0.39, 0.29) is 0 Å². The summed E-state index contributed by atoms with van der Waals surface area (Å²) < 4.78 is 0. The maximum atomic E-state index is 4.68. The second-order valence-corrected chi connectivity index (χ2v) is 3.57. The molecule has 1 aromatic rings. The Labute approximate surface area is 79.4 Å². The van der Waals surface area contributed by atoms with Gasteiger partial charge in [0, 0.05) is 0 Å². The Bertz CT molecular complexity index is 287. The summed E-state index contributed by atoms with van der Waals surface area (Å²) in [7, 11) is 0. The van der Waals surface area contributed by atoms with E-state index in [9.17, 15) is 0 Å². The lowest BCUT2D eigenvalue weighted by atomic mass is 10.2. The van der Waals surface area contributed by atoms with Crippen molar-refractivity contribution in [2.45, 2.75) is 46.0 Å². The fourth-order valence-electron chi connectivity index (χ4n) is 1.97. The summed E-state index contributed by atoms with van der Waals surface area (Å²) in [6.45, 7) is 4.31. The van der Waals surface area contributed by atoms with Gasteiger partial charge in [-0.2, -0.15) is 0 Å². The molecule has 1 aliphatic rings. The lowest BCUT2D eigenvalue weighted by Gasteiger charge is -2.06. The van der Waals surface area contributed by atoms with Gasteiger partial charge in [0.05, 0.1) is 22.8 Å². The first kappa shape index (κ1) is 8.67. The number of fused-ring (bicyclic) bond motifs is 1. The molecule has 2 heteroatoms. The third-order valence-electron chi connectivity index (χ3n) is 2.70. The summed E-state index contributed by atoms with van der Waals surface area (Å²) >= 11 is 0. The predicted octanol–water partition coefficient (Wildman–Crippen LogP) is 2.09. The Morgan fingerprint density at radius 2 is 1.38 bits per heavy atom. The lowest BCUT2D eigenvalue weighted by Crippen LogP contribution is -2.04. The Morgan fingerprint density at radius 1 is 0.923 bits per heavy atom. The van der Waals surface area contributed by atoms with Gasteiger partial charge >= 0.3 is 0 Å². The standard InChI is InChI=1S/C11H16N2/c1-3-8-9(4-2)13-11-7-5-6-10(11)12-8/h3-7H2,1-2H3. The molecule has 1 heterocycles. The highest BCUT2D eigenvalue weighted by atomic mass is 14.9. The van der Waals surface area contributed by atoms with E-state index in [1.165, 1.54) is 29.2 Å². The Kier molecular flexibility index (Phi) is 2.30. The summed E-state index contributed by atoms with van der Waals surface area (Å²) in [5.74, 6) is 0. The van der Waals surface area contributed by atoms with Crippen molar-refractivity contribution in [1.82, 2.24) is 9.97 Å². The first-order valence-corrected chi connectivity index (χ1v) is 5.22. The molecule has 0 fully saturated rings. The second kappa shape index (κ2) is 3.44. The van der Waals surface area contributed by atoms with Crippen molar-refractivity contribution in [3.8, 4) is 0 Å². The SMILES string of the molecule is CCc1nc2c(nc1CC)CCC2. The molecule has 1 aromatic heterocycles. The molecule has 0 saturated heterocycles. The maximum Gasteiger partial charge on any atom is 0.0622 e. The van der Waals surface area contributed by atoms with E-state index in [1.54, 1.807) is 0 Å². The van der Waals surface area contributed by atoms with Crippen LogP contribution in [0.5, 0.6) is 0 Å². The van der Waals surface area contributed by atoms with Crippen LogP contribution in [0.15, 0.2) is 0 Å². The topological polar surface area (TPSA) is 25.8 Å². The summed E-state index contributed by atoms with van der Waals surface area (Å²) in [6, 6.07) is 0. The third-order valence-corrected chi connectivity index (χ3v) is 2.70. The van der Waals surface area contributed by atoms with Gasteiger partial charge in [-0.25, -0.2) is 0 Å². The molecule has 0 aromatic carbocycles. The summed E-state index contributed by atoms with van der Waals surface area (Å²) in [5.41, 5.74) is 4.94. The predicted molar refractivity (Wildman–Crippen MR) is 52.8 cm³/mol. The van der Waals surface area contributed by atoms with Crippen molar-refractivity contribution in [3.63, 3.8) is 0 Å². The Morgan fingerprint density at radius 3 is 1.77 bits per heavy atom. The van der Waals surface area contributed by atoms with Crippen molar-refractivity contribution in [3.05, 3.63) is 22.8 Å². The molecule has 70 valence electrons. The fraction of sp³-hybridized carbons (Fsp3) is 0.636. The highest BCUT2D eigenvalue weighted by molar-refractivity contribution is 5.24. The first-order valence-electron chi connectivity index (χ1n) is 5.22. The van der Waals surface area contributed by atoms with Gasteiger partial charge in [0.1, 0.15) is 0 Å². The van der Waals surface area contributed by atoms with Gasteiger partial charge in [-0.1, -0.05) is 13.8 Å². The van der Waals surface area contributed by atoms with Gasteiger partial charge in [0.25, 0.3) is 0 Å². The average Bonchev–Trinajstić information content (AvgIpc) is 2.62. The minimum atomic E-state index is 1.02. The average molecular weight is 176 g/mol. The Hall–Kier alpha value is -0.920. The van der Waals surface area contributed by atoms with Crippen LogP contribution in [0, 0.1) is 0 Å². The van der Waals surface area contributed by atoms with Crippen LogP contribution in [0.2, 0.25) is 0 Å². The van der Waals surface area contributed by atoms with E-state index >= 15 is 0 Å². The molecule has 0 radical (unpaired) electrons. The molecule has 0 atom stereocenters. The Balaban J connectivity index is 2.47. The largest absolute Gasteiger partial charge is 0.254 e. The minimum Gasteiger partial charge on any atom is -0.254 e. The van der Waals surface area contributed by atoms with E-state index in [4.69, 9.17) is 0 Å². The highest BCUT2D eigenvalue weighted by Gasteiger charge is 2.16. The van der Waals surface area contributed by atoms with Crippen molar-refractivity contribution < 1.29 is 0 Å². The van der Waals surface area contributed by atoms with E-state index in [1.807, 2.05) is 0 Å². The van der Waals surface area contributed by atoms with Gasteiger partial charge in [0.2, 0.25) is 0 Å². The lowest BCUT2D eigenvalue weighted by molar-refractivity contribution is 0.864. The van der Waals surface area contributed by atoms with Crippen molar-refractivity contribution in [1.29, 1.82) is 0 Å². The molecule has 0 spiro atoms. The highest BCUT2D eigenvalue weighted by Crippen LogP contribution is 2.20. The summed E-state index contributed by atoms with van der Waals surface area (Å²) in [4.78, 5) is 9.36. The molecule has 2 nitrogen and oxygen atoms in total. The van der Waals surface area contributed by atoms with Crippen LogP contribution in [-0.4, -0.2) is 9.97 Å². The molecular formula is C11H16N2. The normalized spacial score (nSPS) is 14.6. The van der Waals surface area contributed by atoms with Crippen molar-refractivity contribution in [2.75, 3.05) is 0 Å². The van der Waals surface area contributed by atoms with E-state index < -0.39 is 0 Å². The van der Waals surface area contributed by atoms with Crippen molar-refractivity contribution >= 4 is 0 Å². The van der Waals surface area contributed by atoms with Gasteiger partial charge in [-0.15, -0.1) is 0 Å². The van der Waals surface area contributed by atoms with E-state index in [2.05, 4.69) is 23.8 Å². The molecule has 0 N–H and O–H groups in total. The third kappa shape index (κ3) is 1.45. The smallest absolute Gasteiger partial charge is 0.0622 e. The molecule has 13 heavy (non-hydrogen) atoms. The fourth-order valence-corrected chi connectivity index (χ4v) is 1.97. The van der Waals surface area contributed by atoms with Crippen LogP contribution in [0.3, 0.4) is 0 Å². The van der Waals surface area contributed by atoms with Crippen LogP contribution < -0.4 is 0 Å². The van der Waals surface area contributed by atoms with Gasteiger partial charge < -0.3 is 0 Å². The molecule has 2 rings (SSSR count). The number of aryl methyl sites for hydroxylation is 4. The molecule has 1 aliphatic carbocycles.